The van der Waals surface area contributed by atoms with Gasteiger partial charge < -0.3 is 5.32 Å². The summed E-state index contributed by atoms with van der Waals surface area (Å²) in [5.74, 6) is -0.535. The van der Waals surface area contributed by atoms with Crippen molar-refractivity contribution < 1.29 is 9.72 Å². The number of nitrogens with one attached hydrogen (secondary N) is 1. The van der Waals surface area contributed by atoms with Crippen molar-refractivity contribution in [3.8, 4) is 23.0 Å². The Morgan fingerprint density at radius 1 is 1.03 bits per heavy atom. The Balaban J connectivity index is 1.77. The van der Waals surface area contributed by atoms with Crippen LogP contribution < -0.4 is 5.32 Å². The Kier molecular flexibility index (Phi) is 6.51. The monoisotopic (exact) mass is 463 g/mol. The lowest BCUT2D eigenvalue weighted by molar-refractivity contribution is -0.384. The Labute approximate surface area is 201 Å². The quantitative estimate of drug-likeness (QED) is 0.173. The second kappa shape index (κ2) is 9.85. The summed E-state index contributed by atoms with van der Waals surface area (Å²) in [7, 11) is 0. The van der Waals surface area contributed by atoms with Gasteiger partial charge in [0.1, 0.15) is 17.3 Å². The van der Waals surface area contributed by atoms with Gasteiger partial charge in [0, 0.05) is 35.1 Å². The molecule has 0 spiro atoms. The van der Waals surface area contributed by atoms with E-state index in [9.17, 15) is 20.2 Å². The molecule has 8 heteroatoms. The predicted molar refractivity (Wildman–Crippen MR) is 134 cm³/mol. The van der Waals surface area contributed by atoms with Gasteiger partial charge in [-0.15, -0.1) is 0 Å². The molecule has 0 atom stereocenters. The van der Waals surface area contributed by atoms with E-state index in [0.717, 1.165) is 16.8 Å². The Hall–Kier alpha value is -5.03. The maximum absolute atomic E-state index is 13.0. The number of benzene rings is 3. The molecule has 172 valence electrons. The van der Waals surface area contributed by atoms with Crippen molar-refractivity contribution in [2.45, 2.75) is 13.8 Å². The van der Waals surface area contributed by atoms with E-state index in [2.05, 4.69) is 10.4 Å². The number of hydrogen-bond donors (Lipinski definition) is 1. The van der Waals surface area contributed by atoms with Crippen LogP contribution in [0.1, 0.15) is 16.7 Å². The van der Waals surface area contributed by atoms with Gasteiger partial charge in [0.15, 0.2) is 0 Å². The standard InChI is InChI=1S/C27H21N5O3/c1-18-7-6-8-19(2)25(18)29-27(33)21(16-28)15-22-17-31(23-9-4-3-5-10-23)30-26(22)20-11-13-24(14-12-20)32(34)35/h3-15,17H,1-2H3,(H,29,33)/b21-15+. The van der Waals surface area contributed by atoms with E-state index in [0.29, 0.717) is 22.5 Å². The topological polar surface area (TPSA) is 114 Å². The van der Waals surface area contributed by atoms with Crippen LogP contribution >= 0.6 is 0 Å². The van der Waals surface area contributed by atoms with Crippen LogP contribution in [-0.2, 0) is 4.79 Å². The van der Waals surface area contributed by atoms with Crippen LogP contribution in [-0.4, -0.2) is 20.6 Å². The molecule has 0 bridgehead atoms. The molecule has 3 aromatic carbocycles. The van der Waals surface area contributed by atoms with E-state index in [1.165, 1.54) is 18.2 Å². The summed E-state index contributed by atoms with van der Waals surface area (Å²) >= 11 is 0. The number of carbonyl (C=O) groups is 1. The minimum absolute atomic E-state index is 0.0426. The van der Waals surface area contributed by atoms with Gasteiger partial charge in [-0.2, -0.15) is 10.4 Å². The highest BCUT2D eigenvalue weighted by Gasteiger charge is 2.17. The van der Waals surface area contributed by atoms with Crippen LogP contribution in [0.3, 0.4) is 0 Å². The number of aromatic nitrogens is 2. The van der Waals surface area contributed by atoms with Crippen molar-refractivity contribution in [2.24, 2.45) is 0 Å². The molecule has 0 aliphatic carbocycles. The number of nitro benzene ring substituents is 1. The van der Waals surface area contributed by atoms with Gasteiger partial charge >= 0.3 is 0 Å². The normalized spacial score (nSPS) is 11.1. The fourth-order valence-electron chi connectivity index (χ4n) is 3.67. The molecule has 1 N–H and O–H groups in total. The lowest BCUT2D eigenvalue weighted by Gasteiger charge is -2.10. The number of nitrogens with zero attached hydrogens (tertiary/aromatic N) is 4. The summed E-state index contributed by atoms with van der Waals surface area (Å²) in [6.07, 6.45) is 3.20. The van der Waals surface area contributed by atoms with Crippen LogP contribution in [0, 0.1) is 35.3 Å². The zero-order chi connectivity index (χ0) is 24.9. The molecule has 1 amide bonds. The Morgan fingerprint density at radius 3 is 2.29 bits per heavy atom. The van der Waals surface area contributed by atoms with Gasteiger partial charge in [0.05, 0.1) is 10.6 Å². The first-order valence-electron chi connectivity index (χ1n) is 10.8. The van der Waals surface area contributed by atoms with Crippen molar-refractivity contribution in [3.05, 3.63) is 111 Å². The predicted octanol–water partition coefficient (Wildman–Crippen LogP) is 5.61. The number of amides is 1. The van der Waals surface area contributed by atoms with Gasteiger partial charge in [0.2, 0.25) is 0 Å². The molecular formula is C27H21N5O3. The molecule has 4 aromatic rings. The van der Waals surface area contributed by atoms with E-state index in [1.807, 2.05) is 68.4 Å². The number of non-ortho nitro benzene ring substituents is 1. The number of hydrogen-bond acceptors (Lipinski definition) is 5. The Morgan fingerprint density at radius 2 is 1.69 bits per heavy atom. The number of para-hydroxylation sites is 2. The second-order valence-corrected chi connectivity index (χ2v) is 7.91. The number of anilines is 1. The van der Waals surface area contributed by atoms with E-state index in [1.54, 1.807) is 23.0 Å². The largest absolute Gasteiger partial charge is 0.321 e. The number of nitro groups is 1. The average Bonchev–Trinajstić information content (AvgIpc) is 3.29. The van der Waals surface area contributed by atoms with Crippen LogP contribution in [0.2, 0.25) is 0 Å². The van der Waals surface area contributed by atoms with Gasteiger partial charge in [-0.1, -0.05) is 36.4 Å². The van der Waals surface area contributed by atoms with Gasteiger partial charge in [-0.05, 0) is 55.3 Å². The zero-order valence-corrected chi connectivity index (χ0v) is 19.1. The SMILES string of the molecule is Cc1cccc(C)c1NC(=O)/C(C#N)=C/c1cn(-c2ccccc2)nc1-c1ccc([N+](=O)[O-])cc1. The average molecular weight is 463 g/mol. The summed E-state index contributed by atoms with van der Waals surface area (Å²) in [4.78, 5) is 23.6. The van der Waals surface area contributed by atoms with Gasteiger partial charge in [-0.3, -0.25) is 14.9 Å². The molecule has 0 saturated carbocycles. The van der Waals surface area contributed by atoms with Crippen LogP contribution in [0.15, 0.2) is 84.6 Å². The molecule has 0 unspecified atom stereocenters. The fraction of sp³-hybridized carbons (Fsp3) is 0.0741. The molecule has 0 aliphatic heterocycles. The minimum atomic E-state index is -0.535. The smallest absolute Gasteiger partial charge is 0.269 e. The second-order valence-electron chi connectivity index (χ2n) is 7.91. The van der Waals surface area contributed by atoms with E-state index >= 15 is 0 Å². The first-order valence-corrected chi connectivity index (χ1v) is 10.8. The molecule has 8 nitrogen and oxygen atoms in total. The molecule has 1 aromatic heterocycles. The van der Waals surface area contributed by atoms with Gasteiger partial charge in [-0.25, -0.2) is 4.68 Å². The molecule has 0 fully saturated rings. The minimum Gasteiger partial charge on any atom is -0.321 e. The first-order chi connectivity index (χ1) is 16.9. The van der Waals surface area contributed by atoms with Crippen LogP contribution in [0.25, 0.3) is 23.0 Å². The highest BCUT2D eigenvalue weighted by atomic mass is 16.6. The third-order valence-corrected chi connectivity index (χ3v) is 5.50. The van der Waals surface area contributed by atoms with E-state index in [4.69, 9.17) is 0 Å². The van der Waals surface area contributed by atoms with E-state index in [-0.39, 0.29) is 11.3 Å². The Bertz CT molecular complexity index is 1460. The fourth-order valence-corrected chi connectivity index (χ4v) is 3.67. The molecular weight excluding hydrogens is 442 g/mol. The van der Waals surface area contributed by atoms with Crippen molar-refractivity contribution in [3.63, 3.8) is 0 Å². The van der Waals surface area contributed by atoms with E-state index < -0.39 is 10.8 Å². The molecule has 1 heterocycles. The molecule has 35 heavy (non-hydrogen) atoms. The third-order valence-electron chi connectivity index (χ3n) is 5.50. The lowest BCUT2D eigenvalue weighted by Crippen LogP contribution is -2.15. The molecule has 4 rings (SSSR count). The maximum Gasteiger partial charge on any atom is 0.269 e. The van der Waals surface area contributed by atoms with Gasteiger partial charge in [0.25, 0.3) is 11.6 Å². The summed E-state index contributed by atoms with van der Waals surface area (Å²) in [5, 5.41) is 28.3. The summed E-state index contributed by atoms with van der Waals surface area (Å²) in [6, 6.07) is 23.0. The van der Waals surface area contributed by atoms with Crippen molar-refractivity contribution in [2.75, 3.05) is 5.32 Å². The summed E-state index contributed by atoms with van der Waals surface area (Å²) < 4.78 is 1.64. The number of rotatable bonds is 6. The molecule has 0 aliphatic rings. The molecule has 0 saturated heterocycles. The summed E-state index contributed by atoms with van der Waals surface area (Å²) in [5.41, 5.74) is 4.71. The van der Waals surface area contributed by atoms with Crippen molar-refractivity contribution in [1.82, 2.24) is 9.78 Å². The van der Waals surface area contributed by atoms with Crippen molar-refractivity contribution in [1.29, 1.82) is 5.26 Å². The lowest BCUT2D eigenvalue weighted by atomic mass is 10.0. The number of aryl methyl sites for hydroxylation is 2. The summed E-state index contributed by atoms with van der Waals surface area (Å²) in [6.45, 7) is 3.77. The van der Waals surface area contributed by atoms with Crippen molar-refractivity contribution >= 4 is 23.4 Å². The van der Waals surface area contributed by atoms with Crippen LogP contribution in [0.5, 0.6) is 0 Å². The molecule has 0 radical (unpaired) electrons. The first kappa shape index (κ1) is 23.1. The van der Waals surface area contributed by atoms with Crippen LogP contribution in [0.4, 0.5) is 11.4 Å². The number of carbonyl (C=O) groups excluding carboxylic acids is 1. The highest BCUT2D eigenvalue weighted by molar-refractivity contribution is 6.10. The zero-order valence-electron chi connectivity index (χ0n) is 19.1. The highest BCUT2D eigenvalue weighted by Crippen LogP contribution is 2.28. The maximum atomic E-state index is 13.0. The number of nitriles is 1. The third kappa shape index (κ3) is 4.99.